The van der Waals surface area contributed by atoms with Crippen molar-refractivity contribution >= 4 is 33.0 Å². The quantitative estimate of drug-likeness (QED) is 0.546. The lowest BCUT2D eigenvalue weighted by Crippen LogP contribution is -2.40. The Morgan fingerprint density at radius 3 is 2.37 bits per heavy atom. The molecule has 3 heterocycles. The molecule has 2 aromatic carbocycles. The van der Waals surface area contributed by atoms with Gasteiger partial charge in [0, 0.05) is 38.3 Å². The van der Waals surface area contributed by atoms with Crippen LogP contribution < -0.4 is 5.69 Å². The van der Waals surface area contributed by atoms with Crippen LogP contribution in [0.15, 0.2) is 64.3 Å². The predicted octanol–water partition coefficient (Wildman–Crippen LogP) is 2.23. The lowest BCUT2D eigenvalue weighted by molar-refractivity contribution is -0.127. The molecule has 0 spiro atoms. The molecule has 0 atom stereocenters. The monoisotopic (exact) mass is 496 g/mol. The lowest BCUT2D eigenvalue weighted by atomic mass is 10.0. The van der Waals surface area contributed by atoms with Crippen molar-refractivity contribution in [2.45, 2.75) is 23.8 Å². The number of H-pyrrole nitrogens is 1. The molecular formula is C25H28N4O5S. The number of sulfonamides is 1. The molecule has 35 heavy (non-hydrogen) atoms. The number of imidazole rings is 1. The van der Waals surface area contributed by atoms with Crippen molar-refractivity contribution in [1.82, 2.24) is 18.8 Å². The summed E-state index contributed by atoms with van der Waals surface area (Å²) in [5.74, 6) is -0.0975. The standard InChI is InChI=1S/C25H28N4O5S/c30-24(10-7-19-5-8-21(9-6-19)35(32,33)28-15-17-34-18-16-28)27-13-11-20(12-14-27)29-23-4-2-1-3-22(23)26-25(29)31/h1-10,20H,11-18H2,(H,26,31). The van der Waals surface area contributed by atoms with E-state index in [1.54, 1.807) is 39.8 Å². The molecule has 0 radical (unpaired) electrons. The number of ether oxygens (including phenoxy) is 1. The third-order valence-electron chi connectivity index (χ3n) is 6.67. The molecule has 0 aliphatic carbocycles. The SMILES string of the molecule is O=C(C=Cc1ccc(S(=O)(=O)N2CCOCC2)cc1)N1CCC(n2c(=O)[nH]c3ccccc32)CC1. The van der Waals surface area contributed by atoms with Gasteiger partial charge in [-0.2, -0.15) is 4.31 Å². The van der Waals surface area contributed by atoms with E-state index in [2.05, 4.69) is 4.98 Å². The van der Waals surface area contributed by atoms with E-state index in [0.29, 0.717) is 52.2 Å². The van der Waals surface area contributed by atoms with Crippen molar-refractivity contribution in [3.8, 4) is 0 Å². The highest BCUT2D eigenvalue weighted by atomic mass is 32.2. The Morgan fingerprint density at radius 2 is 1.66 bits per heavy atom. The van der Waals surface area contributed by atoms with Gasteiger partial charge in [-0.1, -0.05) is 24.3 Å². The second kappa shape index (κ2) is 9.80. The van der Waals surface area contributed by atoms with E-state index >= 15 is 0 Å². The number of carbonyl (C=O) groups is 1. The van der Waals surface area contributed by atoms with Crippen LogP contribution in [0.25, 0.3) is 17.1 Å². The van der Waals surface area contributed by atoms with Gasteiger partial charge in [0.1, 0.15) is 0 Å². The Kier molecular flexibility index (Phi) is 6.59. The molecule has 3 aromatic rings. The molecule has 2 fully saturated rings. The first-order chi connectivity index (χ1) is 16.9. The summed E-state index contributed by atoms with van der Waals surface area (Å²) in [7, 11) is -3.54. The van der Waals surface area contributed by atoms with Crippen LogP contribution in [0.2, 0.25) is 0 Å². The van der Waals surface area contributed by atoms with Crippen LogP contribution in [-0.4, -0.2) is 72.5 Å². The fourth-order valence-corrected chi connectivity index (χ4v) is 6.15. The van der Waals surface area contributed by atoms with Gasteiger partial charge < -0.3 is 14.6 Å². The second-order valence-electron chi connectivity index (χ2n) is 8.79. The fourth-order valence-electron chi connectivity index (χ4n) is 4.74. The molecule has 2 aliphatic rings. The van der Waals surface area contributed by atoms with E-state index in [1.807, 2.05) is 24.3 Å². The number of hydrogen-bond donors (Lipinski definition) is 1. The lowest BCUT2D eigenvalue weighted by Gasteiger charge is -2.32. The highest BCUT2D eigenvalue weighted by Gasteiger charge is 2.27. The van der Waals surface area contributed by atoms with Crippen LogP contribution in [-0.2, 0) is 19.6 Å². The average Bonchev–Trinajstić information content (AvgIpc) is 3.23. The minimum Gasteiger partial charge on any atom is -0.379 e. The number of nitrogens with zero attached hydrogens (tertiary/aromatic N) is 3. The van der Waals surface area contributed by atoms with Crippen LogP contribution in [0.1, 0.15) is 24.4 Å². The summed E-state index contributed by atoms with van der Waals surface area (Å²) in [6, 6.07) is 14.2. The molecule has 2 saturated heterocycles. The normalized spacial score (nSPS) is 18.5. The van der Waals surface area contributed by atoms with E-state index in [-0.39, 0.29) is 22.5 Å². The first kappa shape index (κ1) is 23.5. The smallest absolute Gasteiger partial charge is 0.326 e. The highest BCUT2D eigenvalue weighted by Crippen LogP contribution is 2.25. The van der Waals surface area contributed by atoms with Crippen molar-refractivity contribution in [2.75, 3.05) is 39.4 Å². The number of para-hydroxylation sites is 2. The number of aromatic nitrogens is 2. The van der Waals surface area contributed by atoms with Crippen molar-refractivity contribution in [2.24, 2.45) is 0 Å². The molecule has 184 valence electrons. The number of nitrogens with one attached hydrogen (secondary N) is 1. The minimum atomic E-state index is -3.54. The molecule has 1 aromatic heterocycles. The first-order valence-corrected chi connectivity index (χ1v) is 13.2. The summed E-state index contributed by atoms with van der Waals surface area (Å²) >= 11 is 0. The molecule has 1 amide bonds. The maximum absolute atomic E-state index is 12.7. The number of fused-ring (bicyclic) bond motifs is 1. The van der Waals surface area contributed by atoms with Gasteiger partial charge >= 0.3 is 5.69 Å². The zero-order valence-electron chi connectivity index (χ0n) is 19.3. The summed E-state index contributed by atoms with van der Waals surface area (Å²) < 4.78 is 34.0. The maximum Gasteiger partial charge on any atom is 0.326 e. The Balaban J connectivity index is 1.20. The van der Waals surface area contributed by atoms with Crippen molar-refractivity contribution in [3.63, 3.8) is 0 Å². The van der Waals surface area contributed by atoms with Crippen LogP contribution >= 0.6 is 0 Å². The van der Waals surface area contributed by atoms with Crippen LogP contribution in [0.3, 0.4) is 0 Å². The van der Waals surface area contributed by atoms with E-state index in [0.717, 1.165) is 16.6 Å². The van der Waals surface area contributed by atoms with Gasteiger partial charge in [-0.05, 0) is 48.7 Å². The summed E-state index contributed by atoms with van der Waals surface area (Å²) in [5, 5.41) is 0. The fraction of sp³-hybridized carbons (Fsp3) is 0.360. The largest absolute Gasteiger partial charge is 0.379 e. The summed E-state index contributed by atoms with van der Waals surface area (Å²) in [6.45, 7) is 2.64. The number of piperidine rings is 1. The van der Waals surface area contributed by atoms with Gasteiger partial charge in [0.05, 0.1) is 29.1 Å². The number of hydrogen-bond acceptors (Lipinski definition) is 5. The van der Waals surface area contributed by atoms with Gasteiger partial charge in [-0.25, -0.2) is 13.2 Å². The maximum atomic E-state index is 12.7. The summed E-state index contributed by atoms with van der Waals surface area (Å²) in [4.78, 5) is 30.1. The summed E-state index contributed by atoms with van der Waals surface area (Å²) in [6.07, 6.45) is 4.62. The number of benzene rings is 2. The molecule has 9 nitrogen and oxygen atoms in total. The zero-order chi connectivity index (χ0) is 24.4. The Hall–Kier alpha value is -3.21. The second-order valence-corrected chi connectivity index (χ2v) is 10.7. The van der Waals surface area contributed by atoms with Crippen molar-refractivity contribution in [3.05, 3.63) is 70.7 Å². The van der Waals surface area contributed by atoms with Crippen molar-refractivity contribution in [1.29, 1.82) is 0 Å². The zero-order valence-corrected chi connectivity index (χ0v) is 20.1. The average molecular weight is 497 g/mol. The Labute approximate surface area is 203 Å². The molecule has 0 saturated carbocycles. The number of morpholine rings is 1. The molecule has 1 N–H and O–H groups in total. The molecular weight excluding hydrogens is 468 g/mol. The van der Waals surface area contributed by atoms with E-state index < -0.39 is 10.0 Å². The van der Waals surface area contributed by atoms with Gasteiger partial charge in [0.15, 0.2) is 0 Å². The van der Waals surface area contributed by atoms with E-state index in [4.69, 9.17) is 4.74 Å². The number of rotatable bonds is 5. The minimum absolute atomic E-state index is 0.0487. The molecule has 5 rings (SSSR count). The number of likely N-dealkylation sites (tertiary alicyclic amines) is 1. The van der Waals surface area contributed by atoms with Gasteiger partial charge in [0.25, 0.3) is 0 Å². The Bertz CT molecular complexity index is 1390. The van der Waals surface area contributed by atoms with Gasteiger partial charge in [-0.15, -0.1) is 0 Å². The third kappa shape index (κ3) is 4.82. The van der Waals surface area contributed by atoms with E-state index in [1.165, 1.54) is 10.4 Å². The molecule has 10 heteroatoms. The number of aromatic amines is 1. The van der Waals surface area contributed by atoms with Crippen LogP contribution in [0.4, 0.5) is 0 Å². The van der Waals surface area contributed by atoms with Gasteiger partial charge in [0.2, 0.25) is 15.9 Å². The number of amides is 1. The third-order valence-corrected chi connectivity index (χ3v) is 8.58. The van der Waals surface area contributed by atoms with Gasteiger partial charge in [-0.3, -0.25) is 9.36 Å². The number of carbonyl (C=O) groups excluding carboxylic acids is 1. The molecule has 2 aliphatic heterocycles. The van der Waals surface area contributed by atoms with Crippen molar-refractivity contribution < 1.29 is 17.9 Å². The molecule has 0 bridgehead atoms. The topological polar surface area (TPSA) is 105 Å². The first-order valence-electron chi connectivity index (χ1n) is 11.8. The summed E-state index contributed by atoms with van der Waals surface area (Å²) in [5.41, 5.74) is 2.35. The predicted molar refractivity (Wildman–Crippen MR) is 132 cm³/mol. The van der Waals surface area contributed by atoms with E-state index in [9.17, 15) is 18.0 Å². The Morgan fingerprint density at radius 1 is 0.971 bits per heavy atom. The van der Waals surface area contributed by atoms with Crippen LogP contribution in [0.5, 0.6) is 0 Å². The molecule has 0 unspecified atom stereocenters. The van der Waals surface area contributed by atoms with Crippen LogP contribution in [0, 0.1) is 0 Å². The highest BCUT2D eigenvalue weighted by molar-refractivity contribution is 7.89.